The van der Waals surface area contributed by atoms with Crippen LogP contribution in [0, 0.1) is 5.41 Å². The number of nitrogens with two attached hydrogens (primary N) is 1. The first-order valence-electron chi connectivity index (χ1n) is 5.84. The van der Waals surface area contributed by atoms with Crippen LogP contribution in [0.25, 0.3) is 0 Å². The Kier molecular flexibility index (Phi) is 3.82. The minimum Gasteiger partial charge on any atom is -0.330 e. The van der Waals surface area contributed by atoms with Crippen molar-refractivity contribution in [2.24, 2.45) is 11.1 Å². The van der Waals surface area contributed by atoms with Gasteiger partial charge in [-0.2, -0.15) is 4.31 Å². The Balaban J connectivity index is 2.32. The van der Waals surface area contributed by atoms with Gasteiger partial charge in [0.25, 0.3) is 0 Å². The van der Waals surface area contributed by atoms with Crippen LogP contribution in [-0.2, 0) is 10.0 Å². The van der Waals surface area contributed by atoms with Crippen molar-refractivity contribution in [3.8, 4) is 0 Å². The number of hydrogen-bond donors (Lipinski definition) is 1. The lowest BCUT2D eigenvalue weighted by Crippen LogP contribution is -2.34. The molecular formula is C12H17BrN2O2S. The Hall–Kier alpha value is -0.430. The van der Waals surface area contributed by atoms with E-state index in [2.05, 4.69) is 15.9 Å². The molecule has 1 aliphatic heterocycles. The molecule has 1 fully saturated rings. The largest absolute Gasteiger partial charge is 0.330 e. The van der Waals surface area contributed by atoms with E-state index < -0.39 is 10.0 Å². The normalized spacial score (nSPS) is 25.5. The smallest absolute Gasteiger partial charge is 0.244 e. The van der Waals surface area contributed by atoms with Crippen LogP contribution in [0.15, 0.2) is 33.6 Å². The Labute approximate surface area is 116 Å². The molecule has 0 spiro atoms. The molecule has 100 valence electrons. The zero-order valence-corrected chi connectivity index (χ0v) is 12.7. The molecule has 2 N–H and O–H groups in total. The molecule has 0 aliphatic carbocycles. The van der Waals surface area contributed by atoms with E-state index in [0.29, 0.717) is 29.0 Å². The van der Waals surface area contributed by atoms with Gasteiger partial charge in [0.2, 0.25) is 10.0 Å². The van der Waals surface area contributed by atoms with Gasteiger partial charge in [-0.15, -0.1) is 0 Å². The molecule has 0 amide bonds. The third-order valence-electron chi connectivity index (χ3n) is 3.47. The Morgan fingerprint density at radius 1 is 1.44 bits per heavy atom. The first kappa shape index (κ1) is 14.0. The van der Waals surface area contributed by atoms with E-state index in [1.807, 2.05) is 6.92 Å². The number of sulfonamides is 1. The fraction of sp³-hybridized carbons (Fsp3) is 0.500. The van der Waals surface area contributed by atoms with Crippen LogP contribution in [0.4, 0.5) is 0 Å². The summed E-state index contributed by atoms with van der Waals surface area (Å²) in [5, 5.41) is 0. The molecule has 0 radical (unpaired) electrons. The highest BCUT2D eigenvalue weighted by Gasteiger charge is 2.39. The first-order valence-corrected chi connectivity index (χ1v) is 8.07. The number of hydrogen-bond acceptors (Lipinski definition) is 3. The molecule has 2 rings (SSSR count). The van der Waals surface area contributed by atoms with E-state index in [-0.39, 0.29) is 5.41 Å². The average molecular weight is 333 g/mol. The molecule has 1 aromatic rings. The van der Waals surface area contributed by atoms with Crippen molar-refractivity contribution in [1.82, 2.24) is 4.31 Å². The van der Waals surface area contributed by atoms with Crippen LogP contribution in [-0.4, -0.2) is 32.4 Å². The summed E-state index contributed by atoms with van der Waals surface area (Å²) in [7, 11) is -3.42. The molecule has 4 nitrogen and oxygen atoms in total. The van der Waals surface area contributed by atoms with Gasteiger partial charge in [0, 0.05) is 17.6 Å². The van der Waals surface area contributed by atoms with Gasteiger partial charge in [-0.05, 0) is 46.4 Å². The van der Waals surface area contributed by atoms with Crippen LogP contribution in [0.3, 0.4) is 0 Å². The third-order valence-corrected chi connectivity index (χ3v) is 6.33. The van der Waals surface area contributed by atoms with Gasteiger partial charge in [0.1, 0.15) is 0 Å². The Morgan fingerprint density at radius 3 is 2.67 bits per heavy atom. The molecule has 1 heterocycles. The summed E-state index contributed by atoms with van der Waals surface area (Å²) in [6, 6.07) is 6.90. The lowest BCUT2D eigenvalue weighted by Gasteiger charge is -2.22. The second-order valence-corrected chi connectivity index (χ2v) is 7.79. The van der Waals surface area contributed by atoms with E-state index in [4.69, 9.17) is 5.73 Å². The van der Waals surface area contributed by atoms with Crippen LogP contribution in [0.2, 0.25) is 0 Å². The maximum absolute atomic E-state index is 12.5. The Bertz CT molecular complexity index is 547. The second kappa shape index (κ2) is 4.92. The summed E-state index contributed by atoms with van der Waals surface area (Å²) < 4.78 is 27.2. The van der Waals surface area contributed by atoms with E-state index >= 15 is 0 Å². The van der Waals surface area contributed by atoms with Crippen molar-refractivity contribution in [2.75, 3.05) is 19.6 Å². The van der Waals surface area contributed by atoms with Crippen LogP contribution < -0.4 is 5.73 Å². The maximum atomic E-state index is 12.5. The zero-order valence-electron chi connectivity index (χ0n) is 10.3. The summed E-state index contributed by atoms with van der Waals surface area (Å²) in [5.41, 5.74) is 5.61. The lowest BCUT2D eigenvalue weighted by atomic mass is 9.90. The number of nitrogens with zero attached hydrogens (tertiary/aromatic N) is 1. The average Bonchev–Trinajstić information content (AvgIpc) is 2.74. The molecule has 1 aromatic carbocycles. The summed E-state index contributed by atoms with van der Waals surface area (Å²) in [6.45, 7) is 3.57. The van der Waals surface area contributed by atoms with Crippen molar-refractivity contribution in [2.45, 2.75) is 18.2 Å². The molecule has 1 aliphatic rings. The molecule has 0 saturated carbocycles. The minimum absolute atomic E-state index is 0.103. The van der Waals surface area contributed by atoms with E-state index in [1.54, 1.807) is 24.3 Å². The van der Waals surface area contributed by atoms with E-state index in [0.717, 1.165) is 6.42 Å². The predicted octanol–water partition coefficient (Wildman–Crippen LogP) is 1.81. The van der Waals surface area contributed by atoms with Gasteiger partial charge < -0.3 is 5.73 Å². The van der Waals surface area contributed by atoms with Crippen LogP contribution in [0.1, 0.15) is 13.3 Å². The van der Waals surface area contributed by atoms with Crippen molar-refractivity contribution in [3.63, 3.8) is 0 Å². The van der Waals surface area contributed by atoms with E-state index in [1.165, 1.54) is 4.31 Å². The zero-order chi connectivity index (χ0) is 13.4. The quantitative estimate of drug-likeness (QED) is 0.918. The Morgan fingerprint density at radius 2 is 2.11 bits per heavy atom. The second-order valence-electron chi connectivity index (χ2n) is 5.03. The standard InChI is InChI=1S/C12H17BrN2O2S/c1-12(8-14)6-7-15(9-12)18(16,17)11-5-3-2-4-10(11)13/h2-5H,6-9,14H2,1H3. The highest BCUT2D eigenvalue weighted by atomic mass is 79.9. The van der Waals surface area contributed by atoms with Gasteiger partial charge in [-0.1, -0.05) is 19.1 Å². The van der Waals surface area contributed by atoms with Gasteiger partial charge in [-0.3, -0.25) is 0 Å². The van der Waals surface area contributed by atoms with Crippen molar-refractivity contribution >= 4 is 26.0 Å². The van der Waals surface area contributed by atoms with Gasteiger partial charge in [0.05, 0.1) is 4.90 Å². The molecular weight excluding hydrogens is 316 g/mol. The maximum Gasteiger partial charge on any atom is 0.244 e. The van der Waals surface area contributed by atoms with Crippen LogP contribution >= 0.6 is 15.9 Å². The van der Waals surface area contributed by atoms with Crippen molar-refractivity contribution in [3.05, 3.63) is 28.7 Å². The van der Waals surface area contributed by atoms with Crippen molar-refractivity contribution in [1.29, 1.82) is 0 Å². The summed E-state index contributed by atoms with van der Waals surface area (Å²) in [5.74, 6) is 0. The monoisotopic (exact) mass is 332 g/mol. The van der Waals surface area contributed by atoms with Gasteiger partial charge in [-0.25, -0.2) is 8.42 Å². The summed E-state index contributed by atoms with van der Waals surface area (Å²) in [4.78, 5) is 0.325. The number of benzene rings is 1. The number of halogens is 1. The van der Waals surface area contributed by atoms with Gasteiger partial charge >= 0.3 is 0 Å². The summed E-state index contributed by atoms with van der Waals surface area (Å²) in [6.07, 6.45) is 0.813. The van der Waals surface area contributed by atoms with Crippen LogP contribution in [0.5, 0.6) is 0 Å². The molecule has 1 atom stereocenters. The lowest BCUT2D eigenvalue weighted by molar-refractivity contribution is 0.349. The molecule has 18 heavy (non-hydrogen) atoms. The highest BCUT2D eigenvalue weighted by Crippen LogP contribution is 2.34. The molecule has 1 saturated heterocycles. The number of rotatable bonds is 3. The predicted molar refractivity (Wildman–Crippen MR) is 74.7 cm³/mol. The molecule has 1 unspecified atom stereocenters. The summed E-state index contributed by atoms with van der Waals surface area (Å²) >= 11 is 3.29. The highest BCUT2D eigenvalue weighted by molar-refractivity contribution is 9.10. The minimum atomic E-state index is -3.42. The fourth-order valence-corrected chi connectivity index (χ4v) is 4.70. The SMILES string of the molecule is CC1(CN)CCN(S(=O)(=O)c2ccccc2Br)C1. The first-order chi connectivity index (χ1) is 8.39. The molecule has 6 heteroatoms. The van der Waals surface area contributed by atoms with Crippen molar-refractivity contribution < 1.29 is 8.42 Å². The fourth-order valence-electron chi connectivity index (χ4n) is 2.14. The van der Waals surface area contributed by atoms with E-state index in [9.17, 15) is 8.42 Å². The molecule has 0 bridgehead atoms. The molecule has 0 aromatic heterocycles. The topological polar surface area (TPSA) is 63.4 Å². The third kappa shape index (κ3) is 2.47. The van der Waals surface area contributed by atoms with Gasteiger partial charge in [0.15, 0.2) is 0 Å².